The summed E-state index contributed by atoms with van der Waals surface area (Å²) in [6.07, 6.45) is 6.41. The SMILES string of the molecule is COc1ccc(C)cc1N(CC(=O)NC1CCCCCC1)S(=O)(=O)c1ccccc1. The zero-order valence-corrected chi connectivity index (χ0v) is 18.5. The van der Waals surface area contributed by atoms with E-state index in [1.165, 1.54) is 32.1 Å². The molecular weight excluding hydrogens is 400 g/mol. The summed E-state index contributed by atoms with van der Waals surface area (Å²) in [6.45, 7) is 1.58. The van der Waals surface area contributed by atoms with Gasteiger partial charge >= 0.3 is 0 Å². The number of nitrogens with zero attached hydrogens (tertiary/aromatic N) is 1. The molecule has 0 aliphatic heterocycles. The first-order valence-corrected chi connectivity index (χ1v) is 11.9. The van der Waals surface area contributed by atoms with Crippen molar-refractivity contribution in [2.45, 2.75) is 56.4 Å². The maximum absolute atomic E-state index is 13.5. The second kappa shape index (κ2) is 9.98. The minimum absolute atomic E-state index is 0.0979. The third-order valence-electron chi connectivity index (χ3n) is 5.44. The number of benzene rings is 2. The topological polar surface area (TPSA) is 75.7 Å². The molecule has 7 heteroatoms. The maximum Gasteiger partial charge on any atom is 0.264 e. The van der Waals surface area contributed by atoms with Crippen LogP contribution in [0.3, 0.4) is 0 Å². The molecule has 1 amide bonds. The zero-order valence-electron chi connectivity index (χ0n) is 17.6. The van der Waals surface area contributed by atoms with Crippen molar-refractivity contribution in [3.63, 3.8) is 0 Å². The van der Waals surface area contributed by atoms with Crippen molar-refractivity contribution in [1.29, 1.82) is 0 Å². The van der Waals surface area contributed by atoms with Gasteiger partial charge in [-0.05, 0) is 49.6 Å². The molecule has 0 bridgehead atoms. The molecule has 0 radical (unpaired) electrons. The van der Waals surface area contributed by atoms with Crippen molar-refractivity contribution in [2.24, 2.45) is 0 Å². The minimum Gasteiger partial charge on any atom is -0.495 e. The van der Waals surface area contributed by atoms with Gasteiger partial charge in [-0.25, -0.2) is 8.42 Å². The number of aryl methyl sites for hydroxylation is 1. The van der Waals surface area contributed by atoms with Crippen molar-refractivity contribution >= 4 is 21.6 Å². The lowest BCUT2D eigenvalue weighted by Gasteiger charge is -2.27. The number of amides is 1. The highest BCUT2D eigenvalue weighted by Gasteiger charge is 2.30. The van der Waals surface area contributed by atoms with Crippen LogP contribution in [0.5, 0.6) is 5.75 Å². The predicted molar refractivity (Wildman–Crippen MR) is 118 cm³/mol. The van der Waals surface area contributed by atoms with Crippen LogP contribution in [0, 0.1) is 6.92 Å². The number of methoxy groups -OCH3 is 1. The van der Waals surface area contributed by atoms with E-state index in [0.29, 0.717) is 11.4 Å². The predicted octanol–water partition coefficient (Wildman–Crippen LogP) is 4.04. The van der Waals surface area contributed by atoms with Crippen molar-refractivity contribution in [2.75, 3.05) is 18.0 Å². The molecule has 0 unspecified atom stereocenters. The highest BCUT2D eigenvalue weighted by Crippen LogP contribution is 2.33. The molecule has 2 aromatic rings. The molecular formula is C23H30N2O4S. The summed E-state index contributed by atoms with van der Waals surface area (Å²) in [7, 11) is -2.46. The number of carbonyl (C=O) groups excluding carboxylic acids is 1. The van der Waals surface area contributed by atoms with Gasteiger partial charge in [0.2, 0.25) is 5.91 Å². The smallest absolute Gasteiger partial charge is 0.264 e. The first kappa shape index (κ1) is 22.2. The third kappa shape index (κ3) is 5.33. The highest BCUT2D eigenvalue weighted by molar-refractivity contribution is 7.92. The number of ether oxygens (including phenoxy) is 1. The van der Waals surface area contributed by atoms with Crippen LogP contribution in [0.4, 0.5) is 5.69 Å². The molecule has 3 rings (SSSR count). The molecule has 1 aliphatic rings. The number of rotatable bonds is 7. The molecule has 0 saturated heterocycles. The average Bonchev–Trinajstić information content (AvgIpc) is 3.01. The summed E-state index contributed by atoms with van der Waals surface area (Å²) in [4.78, 5) is 13.0. The molecule has 0 atom stereocenters. The number of hydrogen-bond acceptors (Lipinski definition) is 4. The van der Waals surface area contributed by atoms with Crippen LogP contribution in [-0.4, -0.2) is 34.0 Å². The van der Waals surface area contributed by atoms with E-state index in [9.17, 15) is 13.2 Å². The summed E-state index contributed by atoms with van der Waals surface area (Å²) < 4.78 is 33.5. The monoisotopic (exact) mass is 430 g/mol. The Labute approximate surface area is 179 Å². The molecule has 0 aromatic heterocycles. The van der Waals surface area contributed by atoms with Gasteiger partial charge in [0.1, 0.15) is 12.3 Å². The van der Waals surface area contributed by atoms with Crippen LogP contribution < -0.4 is 14.4 Å². The van der Waals surface area contributed by atoms with E-state index in [2.05, 4.69) is 5.32 Å². The first-order valence-electron chi connectivity index (χ1n) is 10.4. The standard InChI is InChI=1S/C23H30N2O4S/c1-18-14-15-22(29-2)21(16-18)25(30(27,28)20-12-8-5-9-13-20)17-23(26)24-19-10-6-3-4-7-11-19/h5,8-9,12-16,19H,3-4,6-7,10-11,17H2,1-2H3,(H,24,26). The van der Waals surface area contributed by atoms with Crippen LogP contribution in [0.15, 0.2) is 53.4 Å². The second-order valence-electron chi connectivity index (χ2n) is 7.76. The van der Waals surface area contributed by atoms with Crippen LogP contribution in [0.25, 0.3) is 0 Å². The largest absolute Gasteiger partial charge is 0.495 e. The maximum atomic E-state index is 13.5. The van der Waals surface area contributed by atoms with Gasteiger partial charge in [0.15, 0.2) is 0 Å². The van der Waals surface area contributed by atoms with Crippen LogP contribution >= 0.6 is 0 Å². The number of sulfonamides is 1. The van der Waals surface area contributed by atoms with Gasteiger partial charge in [-0.15, -0.1) is 0 Å². The summed E-state index contributed by atoms with van der Waals surface area (Å²) in [5.41, 5.74) is 1.24. The molecule has 1 aliphatic carbocycles. The third-order valence-corrected chi connectivity index (χ3v) is 7.22. The van der Waals surface area contributed by atoms with Gasteiger partial charge in [0.05, 0.1) is 17.7 Å². The van der Waals surface area contributed by atoms with E-state index in [1.807, 2.05) is 13.0 Å². The Kier molecular flexibility index (Phi) is 7.37. The van der Waals surface area contributed by atoms with E-state index in [1.54, 1.807) is 30.3 Å². The lowest BCUT2D eigenvalue weighted by molar-refractivity contribution is -0.120. The molecule has 30 heavy (non-hydrogen) atoms. The Morgan fingerprint density at radius 3 is 2.37 bits per heavy atom. The Hall–Kier alpha value is -2.54. The molecule has 0 spiro atoms. The molecule has 0 heterocycles. The Morgan fingerprint density at radius 2 is 1.73 bits per heavy atom. The zero-order chi connectivity index (χ0) is 21.6. The minimum atomic E-state index is -3.95. The number of hydrogen-bond donors (Lipinski definition) is 1. The highest BCUT2D eigenvalue weighted by atomic mass is 32.2. The lowest BCUT2D eigenvalue weighted by Crippen LogP contribution is -2.44. The summed E-state index contributed by atoms with van der Waals surface area (Å²) >= 11 is 0. The first-order chi connectivity index (χ1) is 14.4. The van der Waals surface area contributed by atoms with Gasteiger partial charge in [-0.2, -0.15) is 0 Å². The molecule has 6 nitrogen and oxygen atoms in total. The van der Waals surface area contributed by atoms with Gasteiger partial charge in [0.25, 0.3) is 10.0 Å². The van der Waals surface area contributed by atoms with Gasteiger partial charge in [-0.1, -0.05) is 49.9 Å². The van der Waals surface area contributed by atoms with Gasteiger partial charge in [0, 0.05) is 6.04 Å². The van der Waals surface area contributed by atoms with Crippen molar-refractivity contribution in [1.82, 2.24) is 5.32 Å². The Bertz CT molecular complexity index is 952. The summed E-state index contributed by atoms with van der Waals surface area (Å²) in [6, 6.07) is 13.6. The molecule has 162 valence electrons. The molecule has 1 saturated carbocycles. The fourth-order valence-electron chi connectivity index (χ4n) is 3.84. The van der Waals surface area contributed by atoms with E-state index < -0.39 is 10.0 Å². The fourth-order valence-corrected chi connectivity index (χ4v) is 5.29. The second-order valence-corrected chi connectivity index (χ2v) is 9.62. The van der Waals surface area contributed by atoms with Crippen molar-refractivity contribution < 1.29 is 17.9 Å². The van der Waals surface area contributed by atoms with E-state index >= 15 is 0 Å². The molecule has 2 aromatic carbocycles. The molecule has 1 fully saturated rings. The number of nitrogens with one attached hydrogen (secondary N) is 1. The van der Waals surface area contributed by atoms with Crippen LogP contribution in [0.2, 0.25) is 0 Å². The van der Waals surface area contributed by atoms with E-state index in [0.717, 1.165) is 35.6 Å². The van der Waals surface area contributed by atoms with Gasteiger partial charge in [-0.3, -0.25) is 9.10 Å². The lowest BCUT2D eigenvalue weighted by atomic mass is 10.1. The number of anilines is 1. The Balaban J connectivity index is 1.94. The quantitative estimate of drug-likeness (QED) is 0.673. The Morgan fingerprint density at radius 1 is 1.07 bits per heavy atom. The number of carbonyl (C=O) groups is 1. The summed E-state index contributed by atoms with van der Waals surface area (Å²) in [5, 5.41) is 3.05. The molecule has 1 N–H and O–H groups in total. The van der Waals surface area contributed by atoms with E-state index in [4.69, 9.17) is 4.74 Å². The fraction of sp³-hybridized carbons (Fsp3) is 0.435. The normalized spacial score (nSPS) is 15.3. The van der Waals surface area contributed by atoms with Crippen molar-refractivity contribution in [3.05, 3.63) is 54.1 Å². The summed E-state index contributed by atoms with van der Waals surface area (Å²) in [5.74, 6) is 0.104. The van der Waals surface area contributed by atoms with Gasteiger partial charge < -0.3 is 10.1 Å². The van der Waals surface area contributed by atoms with Crippen LogP contribution in [0.1, 0.15) is 44.1 Å². The van der Waals surface area contributed by atoms with E-state index in [-0.39, 0.29) is 23.4 Å². The average molecular weight is 431 g/mol. The van der Waals surface area contributed by atoms with Crippen LogP contribution in [-0.2, 0) is 14.8 Å². The van der Waals surface area contributed by atoms with Crippen molar-refractivity contribution in [3.8, 4) is 5.75 Å².